The fraction of sp³-hybridized carbons (Fsp3) is 0.0476. The van der Waals surface area contributed by atoms with Crippen LogP contribution in [0.1, 0.15) is 5.56 Å². The van der Waals surface area contributed by atoms with Crippen LogP contribution in [-0.4, -0.2) is 23.7 Å². The highest BCUT2D eigenvalue weighted by atomic mass is 35.5. The highest BCUT2D eigenvalue weighted by Gasteiger charge is 2.15. The van der Waals surface area contributed by atoms with E-state index in [0.717, 1.165) is 4.90 Å². The molecule has 0 heterocycles. The highest BCUT2D eigenvalue weighted by Crippen LogP contribution is 2.34. The Hall–Kier alpha value is -3.36. The summed E-state index contributed by atoms with van der Waals surface area (Å²) >= 11 is 7.09. The summed E-state index contributed by atoms with van der Waals surface area (Å²) in [7, 11) is 0. The molecule has 1 amide bonds. The average Bonchev–Trinajstić information content (AvgIpc) is 2.75. The fourth-order valence-electron chi connectivity index (χ4n) is 2.35. The van der Waals surface area contributed by atoms with Gasteiger partial charge in [0.15, 0.2) is 6.61 Å². The predicted molar refractivity (Wildman–Crippen MR) is 116 cm³/mol. The van der Waals surface area contributed by atoms with Crippen molar-refractivity contribution in [1.29, 1.82) is 0 Å². The van der Waals surface area contributed by atoms with Crippen LogP contribution in [0.3, 0.4) is 0 Å². The highest BCUT2D eigenvalue weighted by molar-refractivity contribution is 7.99. The van der Waals surface area contributed by atoms with Crippen molar-refractivity contribution < 1.29 is 14.5 Å². The molecular weight excluding hydrogens is 426 g/mol. The number of hydrogen-bond acceptors (Lipinski definition) is 6. The Morgan fingerprint density at radius 3 is 2.57 bits per heavy atom. The number of ether oxygens (including phenoxy) is 1. The largest absolute Gasteiger partial charge is 0.484 e. The van der Waals surface area contributed by atoms with Crippen molar-refractivity contribution in [3.63, 3.8) is 0 Å². The first-order valence-corrected chi connectivity index (χ1v) is 9.92. The number of rotatable bonds is 8. The van der Waals surface area contributed by atoms with E-state index in [0.29, 0.717) is 21.2 Å². The lowest BCUT2D eigenvalue weighted by atomic mass is 10.2. The number of amides is 1. The zero-order valence-electron chi connectivity index (χ0n) is 15.5. The second-order valence-corrected chi connectivity index (χ2v) is 7.49. The first kappa shape index (κ1) is 21.4. The van der Waals surface area contributed by atoms with Gasteiger partial charge in [-0.2, -0.15) is 5.10 Å². The molecule has 30 heavy (non-hydrogen) atoms. The SMILES string of the molecule is O=C(COc1ccc(Cl)cc1)N/N=C/c1ccc(Sc2ccccc2)c([N+](=O)[O-])c1. The molecule has 3 aromatic rings. The molecule has 7 nitrogen and oxygen atoms in total. The van der Waals surface area contributed by atoms with Crippen molar-refractivity contribution in [2.24, 2.45) is 5.10 Å². The fourth-order valence-corrected chi connectivity index (χ4v) is 3.40. The standard InChI is InChI=1S/C21H16ClN3O4S/c22-16-7-9-17(10-8-16)29-14-21(26)24-23-13-15-6-11-20(19(12-15)25(27)28)30-18-4-2-1-3-5-18/h1-13H,14H2,(H,24,26)/b23-13+. The maximum absolute atomic E-state index is 11.8. The molecule has 0 bridgehead atoms. The number of benzene rings is 3. The molecule has 0 fully saturated rings. The molecule has 0 saturated carbocycles. The molecule has 0 aliphatic heterocycles. The van der Waals surface area contributed by atoms with Crippen LogP contribution in [0.4, 0.5) is 5.69 Å². The van der Waals surface area contributed by atoms with E-state index in [9.17, 15) is 14.9 Å². The van der Waals surface area contributed by atoms with Crippen molar-refractivity contribution in [3.8, 4) is 5.75 Å². The Labute approximate surface area is 181 Å². The summed E-state index contributed by atoms with van der Waals surface area (Å²) in [5.74, 6) is 0.0348. The number of carbonyl (C=O) groups excluding carboxylic acids is 1. The van der Waals surface area contributed by atoms with Crippen molar-refractivity contribution in [1.82, 2.24) is 5.43 Å². The number of hydrogen-bond donors (Lipinski definition) is 1. The van der Waals surface area contributed by atoms with E-state index in [1.54, 1.807) is 36.4 Å². The summed E-state index contributed by atoms with van der Waals surface area (Å²) in [5.41, 5.74) is 2.77. The molecule has 0 spiro atoms. The second kappa shape index (κ2) is 10.4. The van der Waals surface area contributed by atoms with Crippen LogP contribution in [-0.2, 0) is 4.79 Å². The monoisotopic (exact) mass is 441 g/mol. The van der Waals surface area contributed by atoms with Gasteiger partial charge in [0.1, 0.15) is 5.75 Å². The van der Waals surface area contributed by atoms with Crippen LogP contribution in [0.5, 0.6) is 5.75 Å². The van der Waals surface area contributed by atoms with E-state index in [4.69, 9.17) is 16.3 Å². The Bertz CT molecular complexity index is 1060. The zero-order valence-corrected chi connectivity index (χ0v) is 17.1. The molecular formula is C21H16ClN3O4S. The van der Waals surface area contributed by atoms with Crippen LogP contribution in [0.15, 0.2) is 87.7 Å². The average molecular weight is 442 g/mol. The van der Waals surface area contributed by atoms with E-state index in [1.807, 2.05) is 30.3 Å². The van der Waals surface area contributed by atoms with Gasteiger partial charge in [0.25, 0.3) is 11.6 Å². The number of halogens is 1. The van der Waals surface area contributed by atoms with E-state index in [1.165, 1.54) is 24.0 Å². The molecule has 0 aliphatic carbocycles. The summed E-state index contributed by atoms with van der Waals surface area (Å²) in [5, 5.41) is 15.8. The summed E-state index contributed by atoms with van der Waals surface area (Å²) < 4.78 is 5.31. The molecule has 3 rings (SSSR count). The number of nitrogens with zero attached hydrogens (tertiary/aromatic N) is 2. The first-order chi connectivity index (χ1) is 14.5. The van der Waals surface area contributed by atoms with Gasteiger partial charge in [0.05, 0.1) is 16.0 Å². The molecule has 0 aliphatic rings. The molecule has 0 radical (unpaired) electrons. The minimum atomic E-state index is -0.466. The van der Waals surface area contributed by atoms with Crippen molar-refractivity contribution in [2.45, 2.75) is 9.79 Å². The zero-order chi connectivity index (χ0) is 21.3. The number of hydrazone groups is 1. The molecule has 1 N–H and O–H groups in total. The van der Waals surface area contributed by atoms with Gasteiger partial charge in [0.2, 0.25) is 0 Å². The van der Waals surface area contributed by atoms with Gasteiger partial charge in [-0.3, -0.25) is 14.9 Å². The van der Waals surface area contributed by atoms with E-state index < -0.39 is 10.8 Å². The third kappa shape index (κ3) is 6.33. The van der Waals surface area contributed by atoms with E-state index in [2.05, 4.69) is 10.5 Å². The summed E-state index contributed by atoms with van der Waals surface area (Å²) in [6.07, 6.45) is 1.34. The van der Waals surface area contributed by atoms with E-state index >= 15 is 0 Å². The first-order valence-electron chi connectivity index (χ1n) is 8.73. The number of nitro benzene ring substituents is 1. The van der Waals surface area contributed by atoms with Gasteiger partial charge in [-0.1, -0.05) is 47.6 Å². The minimum Gasteiger partial charge on any atom is -0.484 e. The molecule has 9 heteroatoms. The summed E-state index contributed by atoms with van der Waals surface area (Å²) in [6.45, 7) is -0.230. The Morgan fingerprint density at radius 2 is 1.87 bits per heavy atom. The Balaban J connectivity index is 1.59. The number of nitrogens with one attached hydrogen (secondary N) is 1. The number of nitro groups is 1. The smallest absolute Gasteiger partial charge is 0.283 e. The van der Waals surface area contributed by atoms with Crippen LogP contribution >= 0.6 is 23.4 Å². The molecule has 152 valence electrons. The normalized spacial score (nSPS) is 10.7. The Morgan fingerprint density at radius 1 is 1.13 bits per heavy atom. The lowest BCUT2D eigenvalue weighted by molar-refractivity contribution is -0.387. The van der Waals surface area contributed by atoms with Crippen molar-refractivity contribution in [3.05, 3.63) is 93.5 Å². The van der Waals surface area contributed by atoms with Crippen molar-refractivity contribution >= 4 is 41.2 Å². The molecule has 0 saturated heterocycles. The van der Waals surface area contributed by atoms with Gasteiger partial charge >= 0.3 is 0 Å². The van der Waals surface area contributed by atoms with Gasteiger partial charge in [-0.15, -0.1) is 0 Å². The lowest BCUT2D eigenvalue weighted by Crippen LogP contribution is -2.24. The van der Waals surface area contributed by atoms with Gasteiger partial charge in [-0.25, -0.2) is 5.43 Å². The van der Waals surface area contributed by atoms with E-state index in [-0.39, 0.29) is 12.3 Å². The topological polar surface area (TPSA) is 93.8 Å². The quantitative estimate of drug-likeness (QED) is 0.304. The molecule has 3 aromatic carbocycles. The van der Waals surface area contributed by atoms with Gasteiger partial charge in [0, 0.05) is 21.5 Å². The van der Waals surface area contributed by atoms with Crippen LogP contribution in [0.25, 0.3) is 0 Å². The number of carbonyl (C=O) groups is 1. The summed E-state index contributed by atoms with van der Waals surface area (Å²) in [6, 6.07) is 20.7. The van der Waals surface area contributed by atoms with Crippen molar-refractivity contribution in [2.75, 3.05) is 6.61 Å². The second-order valence-electron chi connectivity index (χ2n) is 5.94. The maximum Gasteiger partial charge on any atom is 0.283 e. The summed E-state index contributed by atoms with van der Waals surface area (Å²) in [4.78, 5) is 24.2. The van der Waals surface area contributed by atoms with Crippen LogP contribution in [0.2, 0.25) is 5.02 Å². The predicted octanol–water partition coefficient (Wildman–Crippen LogP) is 4.93. The van der Waals surface area contributed by atoms with Gasteiger partial charge < -0.3 is 4.74 Å². The maximum atomic E-state index is 11.8. The molecule has 0 atom stereocenters. The lowest BCUT2D eigenvalue weighted by Gasteiger charge is -2.05. The third-order valence-corrected chi connectivity index (χ3v) is 5.06. The Kier molecular flexibility index (Phi) is 7.42. The van der Waals surface area contributed by atoms with Crippen LogP contribution < -0.4 is 10.2 Å². The molecule has 0 aromatic heterocycles. The molecule has 0 unspecified atom stereocenters. The minimum absolute atomic E-state index is 0.0369. The van der Waals surface area contributed by atoms with Crippen LogP contribution in [0, 0.1) is 10.1 Å². The third-order valence-electron chi connectivity index (χ3n) is 3.74. The van der Waals surface area contributed by atoms with Gasteiger partial charge in [-0.05, 0) is 42.5 Å².